The van der Waals surface area contributed by atoms with Crippen LogP contribution >= 0.6 is 11.3 Å². The minimum Gasteiger partial charge on any atom is -0.480 e. The van der Waals surface area contributed by atoms with E-state index in [1.165, 1.54) is 11.3 Å². The molecule has 88 valence electrons. The molecule has 0 bridgehead atoms. The number of carboxylic acid groups (broad SMARTS) is 1. The second-order valence-corrected chi connectivity index (χ2v) is 4.54. The standard InChI is InChI=1S/C11H15NO3S/c1-2-4-9(11(14)15)12-10(13)7-8-5-3-6-16-8/h3,5-6,9H,2,4,7H2,1H3,(H,12,13)(H,14,15). The first-order valence-corrected chi connectivity index (χ1v) is 6.06. The van der Waals surface area contributed by atoms with Gasteiger partial charge in [0, 0.05) is 4.88 Å². The molecule has 0 aliphatic heterocycles. The summed E-state index contributed by atoms with van der Waals surface area (Å²) in [5.41, 5.74) is 0. The monoisotopic (exact) mass is 241 g/mol. The van der Waals surface area contributed by atoms with E-state index in [0.717, 1.165) is 11.3 Å². The van der Waals surface area contributed by atoms with Crippen LogP contribution in [-0.4, -0.2) is 23.0 Å². The molecule has 0 saturated heterocycles. The quantitative estimate of drug-likeness (QED) is 0.796. The van der Waals surface area contributed by atoms with Crippen LogP contribution in [0.1, 0.15) is 24.6 Å². The molecule has 1 aromatic rings. The van der Waals surface area contributed by atoms with E-state index < -0.39 is 12.0 Å². The maximum Gasteiger partial charge on any atom is 0.326 e. The summed E-state index contributed by atoms with van der Waals surface area (Å²) in [7, 11) is 0. The number of nitrogens with one attached hydrogen (secondary N) is 1. The Labute approximate surface area is 98.3 Å². The molecular formula is C11H15NO3S. The van der Waals surface area contributed by atoms with Crippen molar-refractivity contribution in [1.29, 1.82) is 0 Å². The van der Waals surface area contributed by atoms with Crippen molar-refractivity contribution in [2.45, 2.75) is 32.2 Å². The Morgan fingerprint density at radius 3 is 2.81 bits per heavy atom. The van der Waals surface area contributed by atoms with Crippen LogP contribution in [-0.2, 0) is 16.0 Å². The van der Waals surface area contributed by atoms with Gasteiger partial charge in [0.25, 0.3) is 0 Å². The third kappa shape index (κ3) is 4.02. The van der Waals surface area contributed by atoms with Crippen molar-refractivity contribution in [1.82, 2.24) is 5.32 Å². The Bertz CT molecular complexity index is 348. The van der Waals surface area contributed by atoms with E-state index in [4.69, 9.17) is 5.11 Å². The Balaban J connectivity index is 2.45. The Morgan fingerprint density at radius 1 is 1.56 bits per heavy atom. The van der Waals surface area contributed by atoms with E-state index in [2.05, 4.69) is 5.32 Å². The van der Waals surface area contributed by atoms with Crippen molar-refractivity contribution < 1.29 is 14.7 Å². The summed E-state index contributed by atoms with van der Waals surface area (Å²) in [5.74, 6) is -1.20. The average molecular weight is 241 g/mol. The zero-order valence-electron chi connectivity index (χ0n) is 9.10. The Hall–Kier alpha value is -1.36. The second kappa shape index (κ2) is 6.27. The summed E-state index contributed by atoms with van der Waals surface area (Å²) in [6, 6.07) is 2.96. The van der Waals surface area contributed by atoms with Gasteiger partial charge in [0.05, 0.1) is 6.42 Å². The summed E-state index contributed by atoms with van der Waals surface area (Å²) in [6.07, 6.45) is 1.45. The van der Waals surface area contributed by atoms with E-state index in [9.17, 15) is 9.59 Å². The molecule has 1 rings (SSSR count). The van der Waals surface area contributed by atoms with Crippen molar-refractivity contribution in [3.8, 4) is 0 Å². The van der Waals surface area contributed by atoms with Crippen LogP contribution in [0.2, 0.25) is 0 Å². The summed E-state index contributed by atoms with van der Waals surface area (Å²) in [6.45, 7) is 1.89. The topological polar surface area (TPSA) is 66.4 Å². The normalized spacial score (nSPS) is 12.1. The molecule has 0 aliphatic carbocycles. The number of hydrogen-bond donors (Lipinski definition) is 2. The van der Waals surface area contributed by atoms with Gasteiger partial charge in [0.2, 0.25) is 5.91 Å². The lowest BCUT2D eigenvalue weighted by Crippen LogP contribution is -2.41. The number of hydrogen-bond acceptors (Lipinski definition) is 3. The van der Waals surface area contributed by atoms with E-state index in [0.29, 0.717) is 6.42 Å². The SMILES string of the molecule is CCCC(NC(=O)Cc1cccs1)C(=O)O. The molecule has 0 spiro atoms. The predicted molar refractivity (Wildman–Crippen MR) is 62.5 cm³/mol. The van der Waals surface area contributed by atoms with Crippen molar-refractivity contribution in [3.05, 3.63) is 22.4 Å². The second-order valence-electron chi connectivity index (χ2n) is 3.50. The van der Waals surface area contributed by atoms with Crippen LogP contribution in [0.25, 0.3) is 0 Å². The van der Waals surface area contributed by atoms with Gasteiger partial charge in [-0.15, -0.1) is 11.3 Å². The highest BCUT2D eigenvalue weighted by Crippen LogP contribution is 2.09. The highest BCUT2D eigenvalue weighted by Gasteiger charge is 2.18. The molecule has 0 aliphatic rings. The van der Waals surface area contributed by atoms with Gasteiger partial charge in [-0.1, -0.05) is 19.4 Å². The van der Waals surface area contributed by atoms with Gasteiger partial charge < -0.3 is 10.4 Å². The van der Waals surface area contributed by atoms with E-state index in [1.807, 2.05) is 24.4 Å². The molecule has 16 heavy (non-hydrogen) atoms. The molecule has 1 atom stereocenters. The number of carbonyl (C=O) groups excluding carboxylic acids is 1. The molecule has 0 aromatic carbocycles. The molecule has 1 amide bonds. The van der Waals surface area contributed by atoms with E-state index in [-0.39, 0.29) is 12.3 Å². The fourth-order valence-corrected chi connectivity index (χ4v) is 2.07. The molecule has 2 N–H and O–H groups in total. The van der Waals surface area contributed by atoms with E-state index in [1.54, 1.807) is 0 Å². The summed E-state index contributed by atoms with van der Waals surface area (Å²) in [5, 5.41) is 13.3. The Kier molecular flexibility index (Phi) is 4.98. The van der Waals surface area contributed by atoms with Gasteiger partial charge in [0.15, 0.2) is 0 Å². The summed E-state index contributed by atoms with van der Waals surface area (Å²) < 4.78 is 0. The fraction of sp³-hybridized carbons (Fsp3) is 0.455. The first kappa shape index (κ1) is 12.7. The maximum absolute atomic E-state index is 11.5. The molecule has 0 fully saturated rings. The molecule has 1 unspecified atom stereocenters. The maximum atomic E-state index is 11.5. The lowest BCUT2D eigenvalue weighted by atomic mass is 10.1. The molecule has 0 radical (unpaired) electrons. The van der Waals surface area contributed by atoms with Crippen LogP contribution < -0.4 is 5.32 Å². The zero-order valence-corrected chi connectivity index (χ0v) is 9.92. The van der Waals surface area contributed by atoms with Crippen LogP contribution in [0.5, 0.6) is 0 Å². The van der Waals surface area contributed by atoms with Gasteiger partial charge in [-0.05, 0) is 17.9 Å². The molecule has 0 saturated carbocycles. The lowest BCUT2D eigenvalue weighted by molar-refractivity contribution is -0.141. The van der Waals surface area contributed by atoms with Crippen LogP contribution in [0.3, 0.4) is 0 Å². The zero-order chi connectivity index (χ0) is 12.0. The third-order valence-corrected chi connectivity index (χ3v) is 3.00. The van der Waals surface area contributed by atoms with Crippen LogP contribution in [0.4, 0.5) is 0 Å². The fourth-order valence-electron chi connectivity index (χ4n) is 1.36. The van der Waals surface area contributed by atoms with Crippen molar-refractivity contribution in [2.75, 3.05) is 0 Å². The molecular weight excluding hydrogens is 226 g/mol. The largest absolute Gasteiger partial charge is 0.480 e. The minimum absolute atomic E-state index is 0.233. The first-order valence-electron chi connectivity index (χ1n) is 5.18. The lowest BCUT2D eigenvalue weighted by Gasteiger charge is -2.12. The van der Waals surface area contributed by atoms with Gasteiger partial charge in [-0.2, -0.15) is 0 Å². The molecule has 4 nitrogen and oxygen atoms in total. The Morgan fingerprint density at radius 2 is 2.31 bits per heavy atom. The number of rotatable bonds is 6. The van der Waals surface area contributed by atoms with Crippen molar-refractivity contribution >= 4 is 23.2 Å². The van der Waals surface area contributed by atoms with Gasteiger partial charge in [-0.3, -0.25) is 4.79 Å². The molecule has 1 aromatic heterocycles. The highest BCUT2D eigenvalue weighted by molar-refractivity contribution is 7.10. The first-order chi connectivity index (χ1) is 7.63. The predicted octanol–water partition coefficient (Wildman–Crippen LogP) is 1.66. The van der Waals surface area contributed by atoms with Crippen LogP contribution in [0.15, 0.2) is 17.5 Å². The third-order valence-electron chi connectivity index (χ3n) is 2.13. The van der Waals surface area contributed by atoms with Crippen molar-refractivity contribution in [3.63, 3.8) is 0 Å². The van der Waals surface area contributed by atoms with Gasteiger partial charge >= 0.3 is 5.97 Å². The number of aliphatic carboxylic acids is 1. The summed E-state index contributed by atoms with van der Waals surface area (Å²) in [4.78, 5) is 23.3. The minimum atomic E-state index is -0.971. The molecule has 1 heterocycles. The number of carboxylic acids is 1. The van der Waals surface area contributed by atoms with Crippen molar-refractivity contribution in [2.24, 2.45) is 0 Å². The average Bonchev–Trinajstić information content (AvgIpc) is 2.69. The van der Waals surface area contributed by atoms with Gasteiger partial charge in [0.1, 0.15) is 6.04 Å². The number of thiophene rings is 1. The van der Waals surface area contributed by atoms with Gasteiger partial charge in [-0.25, -0.2) is 4.79 Å². The van der Waals surface area contributed by atoms with E-state index >= 15 is 0 Å². The van der Waals surface area contributed by atoms with Crippen LogP contribution in [0, 0.1) is 0 Å². The molecule has 5 heteroatoms. The highest BCUT2D eigenvalue weighted by atomic mass is 32.1. The smallest absolute Gasteiger partial charge is 0.326 e. The number of amides is 1. The summed E-state index contributed by atoms with van der Waals surface area (Å²) >= 11 is 1.49. The number of carbonyl (C=O) groups is 2.